The molecule has 2 aromatic rings. The number of benzene rings is 2. The molecular weight excluding hydrogens is 457 g/mol. The van der Waals surface area contributed by atoms with E-state index in [4.69, 9.17) is 14.9 Å². The van der Waals surface area contributed by atoms with Crippen LogP contribution in [0.1, 0.15) is 25.8 Å². The second kappa shape index (κ2) is 12.3. The number of hydrogen-bond donors (Lipinski definition) is 3. The van der Waals surface area contributed by atoms with E-state index in [2.05, 4.69) is 15.0 Å². The van der Waals surface area contributed by atoms with E-state index < -0.39 is 24.5 Å². The third kappa shape index (κ3) is 9.69. The zero-order valence-electron chi connectivity index (χ0n) is 18.4. The van der Waals surface area contributed by atoms with Gasteiger partial charge in [-0.15, -0.1) is 13.2 Å². The molecule has 1 unspecified atom stereocenters. The van der Waals surface area contributed by atoms with Gasteiger partial charge in [-0.25, -0.2) is 4.79 Å². The molecule has 12 heteroatoms. The first-order chi connectivity index (χ1) is 16.1. The Labute approximate surface area is 193 Å². The average molecular weight is 481 g/mol. The molecule has 9 nitrogen and oxygen atoms in total. The van der Waals surface area contributed by atoms with Gasteiger partial charge in [0.15, 0.2) is 12.2 Å². The molecular formula is C22H24F3N4O5+. The number of esters is 1. The molecule has 1 atom stereocenters. The van der Waals surface area contributed by atoms with Crippen molar-refractivity contribution >= 4 is 35.6 Å². The third-order valence-corrected chi connectivity index (χ3v) is 4.06. The Morgan fingerprint density at radius 2 is 1.79 bits per heavy atom. The number of rotatable bonds is 9. The maximum absolute atomic E-state index is 12.2. The maximum Gasteiger partial charge on any atom is 0.573 e. The van der Waals surface area contributed by atoms with Crippen LogP contribution in [0.15, 0.2) is 53.5 Å². The Bertz CT molecular complexity index is 1010. The van der Waals surface area contributed by atoms with E-state index in [0.717, 1.165) is 0 Å². The molecule has 0 bridgehead atoms. The molecule has 0 radical (unpaired) electrons. The van der Waals surface area contributed by atoms with Gasteiger partial charge in [0.25, 0.3) is 0 Å². The number of nitrogens with one attached hydrogen (secondary N) is 2. The van der Waals surface area contributed by atoms with Crippen LogP contribution in [0.4, 0.5) is 29.3 Å². The molecule has 0 aliphatic rings. The molecule has 0 aromatic heterocycles. The summed E-state index contributed by atoms with van der Waals surface area (Å²) in [5.41, 5.74) is 1.45. The molecule has 0 aliphatic heterocycles. The minimum atomic E-state index is -4.75. The van der Waals surface area contributed by atoms with Gasteiger partial charge >= 0.3 is 18.4 Å². The van der Waals surface area contributed by atoms with E-state index in [0.29, 0.717) is 16.9 Å². The van der Waals surface area contributed by atoms with Crippen LogP contribution in [0.5, 0.6) is 5.75 Å². The highest BCUT2D eigenvalue weighted by Gasteiger charge is 2.31. The molecule has 1 amide bonds. The summed E-state index contributed by atoms with van der Waals surface area (Å²) in [7, 11) is 0. The number of carbonyl (C=O) groups is 2. The van der Waals surface area contributed by atoms with Gasteiger partial charge in [0, 0.05) is 23.4 Å². The fraction of sp³-hybridized carbons (Fsp3) is 0.273. The van der Waals surface area contributed by atoms with Gasteiger partial charge in [-0.3, -0.25) is 20.8 Å². The zero-order valence-corrected chi connectivity index (χ0v) is 18.4. The smallest absolute Gasteiger partial charge is 0.466 e. The van der Waals surface area contributed by atoms with E-state index in [1.807, 2.05) is 0 Å². The number of carbonyl (C=O) groups excluding carboxylic acids is 2. The number of hydrogen-bond acceptors (Lipinski definition) is 6. The van der Waals surface area contributed by atoms with Gasteiger partial charge in [0.2, 0.25) is 0 Å². The predicted molar refractivity (Wildman–Crippen MR) is 117 cm³/mol. The second-order valence-electron chi connectivity index (χ2n) is 6.84. The lowest BCUT2D eigenvalue weighted by Crippen LogP contribution is -2.76. The van der Waals surface area contributed by atoms with Crippen LogP contribution < -0.4 is 15.4 Å². The van der Waals surface area contributed by atoms with E-state index in [-0.39, 0.29) is 24.6 Å². The molecule has 0 fully saturated rings. The minimum Gasteiger partial charge on any atom is -0.466 e. The van der Waals surface area contributed by atoms with Gasteiger partial charge in [0.05, 0.1) is 13.0 Å². The number of amides is 1. The summed E-state index contributed by atoms with van der Waals surface area (Å²) in [6.45, 7) is 3.50. The first kappa shape index (κ1) is 26.3. The van der Waals surface area contributed by atoms with Crippen molar-refractivity contribution in [3.05, 3.63) is 54.1 Å². The van der Waals surface area contributed by atoms with Crippen molar-refractivity contribution in [1.82, 2.24) is 0 Å². The molecule has 2 rings (SSSR count). The summed E-state index contributed by atoms with van der Waals surface area (Å²) in [4.78, 5) is 27.3. The van der Waals surface area contributed by atoms with Crippen LogP contribution in [0, 0.1) is 5.41 Å². The second-order valence-corrected chi connectivity index (χ2v) is 6.84. The molecule has 0 aliphatic carbocycles. The first-order valence-electron chi connectivity index (χ1n) is 10.1. The molecule has 0 heterocycles. The van der Waals surface area contributed by atoms with Crippen molar-refractivity contribution in [3.8, 4) is 5.75 Å². The maximum atomic E-state index is 12.2. The Hall–Kier alpha value is -3.93. The zero-order chi connectivity index (χ0) is 25.1. The predicted octanol–water partition coefficient (Wildman–Crippen LogP) is 3.72. The van der Waals surface area contributed by atoms with Crippen LogP contribution in [0.3, 0.4) is 0 Å². The normalized spacial score (nSPS) is 12.1. The van der Waals surface area contributed by atoms with Gasteiger partial charge < -0.3 is 14.2 Å². The van der Waals surface area contributed by atoms with Gasteiger partial charge in [-0.05, 0) is 50.2 Å². The minimum absolute atomic E-state index is 0.0577. The van der Waals surface area contributed by atoms with Crippen molar-refractivity contribution in [1.29, 1.82) is 5.41 Å². The first-order valence-corrected chi connectivity index (χ1v) is 10.1. The SMILES string of the molecule is CCOC(=O)CC(C)OC(=O)Nc1ccc(C(=N)N=C[NH2+]c2ccc(OC(F)(F)F)cc2)cc1. The van der Waals surface area contributed by atoms with Gasteiger partial charge in [-0.1, -0.05) is 0 Å². The summed E-state index contributed by atoms with van der Waals surface area (Å²) in [6.07, 6.45) is -4.87. The average Bonchev–Trinajstić information content (AvgIpc) is 2.74. The number of anilines is 1. The van der Waals surface area contributed by atoms with Crippen LogP contribution in [-0.4, -0.2) is 43.3 Å². The van der Waals surface area contributed by atoms with E-state index in [9.17, 15) is 22.8 Å². The van der Waals surface area contributed by atoms with E-state index in [1.165, 1.54) is 35.9 Å². The quantitative estimate of drug-likeness (QED) is 0.218. The monoisotopic (exact) mass is 481 g/mol. The summed E-state index contributed by atoms with van der Waals surface area (Å²) >= 11 is 0. The summed E-state index contributed by atoms with van der Waals surface area (Å²) in [5.74, 6) is -0.859. The van der Waals surface area contributed by atoms with Crippen molar-refractivity contribution in [3.63, 3.8) is 0 Å². The van der Waals surface area contributed by atoms with Gasteiger partial charge in [-0.2, -0.15) is 4.99 Å². The molecule has 2 aromatic carbocycles. The van der Waals surface area contributed by atoms with Crippen molar-refractivity contribution < 1.29 is 42.3 Å². The lowest BCUT2D eigenvalue weighted by molar-refractivity contribution is -0.432. The van der Waals surface area contributed by atoms with Crippen LogP contribution in [0.25, 0.3) is 0 Å². The topological polar surface area (TPSA) is 127 Å². The molecule has 0 spiro atoms. The van der Waals surface area contributed by atoms with Crippen molar-refractivity contribution in [2.75, 3.05) is 11.9 Å². The summed E-state index contributed by atoms with van der Waals surface area (Å²) in [5, 5.41) is 12.1. The van der Waals surface area contributed by atoms with Crippen LogP contribution in [0.2, 0.25) is 0 Å². The fourth-order valence-electron chi connectivity index (χ4n) is 2.59. The van der Waals surface area contributed by atoms with Crippen LogP contribution in [-0.2, 0) is 14.3 Å². The largest absolute Gasteiger partial charge is 0.573 e. The Kier molecular flexibility index (Phi) is 9.56. The number of ether oxygens (including phenoxy) is 3. The van der Waals surface area contributed by atoms with E-state index in [1.54, 1.807) is 38.1 Å². The highest BCUT2D eigenvalue weighted by Crippen LogP contribution is 2.22. The molecule has 0 saturated carbocycles. The highest BCUT2D eigenvalue weighted by atomic mass is 19.4. The summed E-state index contributed by atoms with van der Waals surface area (Å²) < 4.78 is 50.2. The lowest BCUT2D eigenvalue weighted by Gasteiger charge is -2.13. The number of halogens is 3. The number of alkyl halides is 3. The standard InChI is InChI=1S/C22H23F3N4O5/c1-3-32-19(30)12-14(2)33-21(31)29-17-6-4-15(5-7-17)20(26)28-13-27-16-8-10-18(11-9-16)34-22(23,24)25/h4-11,13-14H,3,12H2,1-2H3,(H,29,31)(H2,26,27,28)/p+1. The number of nitrogens with two attached hydrogens (primary N) is 1. The van der Waals surface area contributed by atoms with Crippen molar-refractivity contribution in [2.45, 2.75) is 32.7 Å². The van der Waals surface area contributed by atoms with Crippen molar-refractivity contribution in [2.24, 2.45) is 4.99 Å². The fourth-order valence-corrected chi connectivity index (χ4v) is 2.59. The Balaban J connectivity index is 1.82. The molecule has 0 saturated heterocycles. The number of aliphatic imine (C=N–C) groups is 1. The van der Waals surface area contributed by atoms with Gasteiger partial charge in [0.1, 0.15) is 17.5 Å². The van der Waals surface area contributed by atoms with Crippen LogP contribution >= 0.6 is 0 Å². The molecule has 34 heavy (non-hydrogen) atoms. The Morgan fingerprint density at radius 3 is 2.38 bits per heavy atom. The third-order valence-electron chi connectivity index (χ3n) is 4.06. The van der Waals surface area contributed by atoms with E-state index >= 15 is 0 Å². The highest BCUT2D eigenvalue weighted by molar-refractivity contribution is 6.00. The molecule has 182 valence electrons. The summed E-state index contributed by atoms with van der Waals surface area (Å²) in [6, 6.07) is 11.4. The Morgan fingerprint density at radius 1 is 1.15 bits per heavy atom. The number of amidine groups is 1. The molecule has 4 N–H and O–H groups in total. The number of nitrogens with zero attached hydrogens (tertiary/aromatic N) is 1. The lowest BCUT2D eigenvalue weighted by atomic mass is 10.2. The number of quaternary nitrogens is 1.